The van der Waals surface area contributed by atoms with Crippen LogP contribution in [0.15, 0.2) is 72.4 Å². The summed E-state index contributed by atoms with van der Waals surface area (Å²) in [6, 6.07) is 0. The molecule has 0 aliphatic carbocycles. The summed E-state index contributed by atoms with van der Waals surface area (Å²) in [5.41, 5.74) is 3.71. The monoisotopic (exact) mass is 256 g/mol. The first-order chi connectivity index (χ1) is 9.10. The summed E-state index contributed by atoms with van der Waals surface area (Å²) in [6.45, 7) is 16.2. The van der Waals surface area contributed by atoms with Crippen LogP contribution in [-0.2, 0) is 0 Å². The van der Waals surface area contributed by atoms with E-state index in [4.69, 9.17) is 0 Å². The average Bonchev–Trinajstić information content (AvgIpc) is 2.40. The highest BCUT2D eigenvalue weighted by molar-refractivity contribution is 5.42. The standard InChI is InChI=1S/C19H28/c1-7-11-16(5)19(13-9-3)15-14-17(6)18(10-4)12-8-2/h8-10,12-16H,2,4,7,11H2,1,3,5-6H3/b13-9-,17-14+,18-12+,19-15+/t16-/m1/s1. The lowest BCUT2D eigenvalue weighted by Gasteiger charge is -2.11. The molecule has 0 nitrogen and oxygen atoms in total. The van der Waals surface area contributed by atoms with Gasteiger partial charge in [0.25, 0.3) is 0 Å². The molecule has 0 bridgehead atoms. The highest BCUT2D eigenvalue weighted by Gasteiger charge is 2.03. The second-order valence-electron chi connectivity index (χ2n) is 4.77. The summed E-state index contributed by atoms with van der Waals surface area (Å²) < 4.78 is 0. The van der Waals surface area contributed by atoms with Gasteiger partial charge in [0, 0.05) is 0 Å². The molecule has 0 heteroatoms. The topological polar surface area (TPSA) is 0 Å². The molecule has 0 spiro atoms. The molecule has 0 saturated carbocycles. The van der Waals surface area contributed by atoms with Gasteiger partial charge in [-0.15, -0.1) is 0 Å². The van der Waals surface area contributed by atoms with Crippen molar-refractivity contribution in [3.05, 3.63) is 72.4 Å². The molecule has 0 N–H and O–H groups in total. The van der Waals surface area contributed by atoms with Crippen molar-refractivity contribution in [2.75, 3.05) is 0 Å². The first kappa shape index (κ1) is 17.4. The predicted octanol–water partition coefficient (Wildman–Crippen LogP) is 6.17. The zero-order valence-corrected chi connectivity index (χ0v) is 12.9. The van der Waals surface area contributed by atoms with Gasteiger partial charge in [0.2, 0.25) is 0 Å². The molecule has 0 saturated heterocycles. The molecule has 0 rings (SSSR count). The Morgan fingerprint density at radius 1 is 1.16 bits per heavy atom. The van der Waals surface area contributed by atoms with Crippen LogP contribution in [0.5, 0.6) is 0 Å². The molecule has 0 heterocycles. The first-order valence-corrected chi connectivity index (χ1v) is 7.07. The molecule has 0 amide bonds. The van der Waals surface area contributed by atoms with E-state index in [9.17, 15) is 0 Å². The summed E-state index contributed by atoms with van der Waals surface area (Å²) in [5.74, 6) is 0.598. The Bertz CT molecular complexity index is 400. The van der Waals surface area contributed by atoms with Crippen LogP contribution in [0.4, 0.5) is 0 Å². The van der Waals surface area contributed by atoms with Crippen LogP contribution >= 0.6 is 0 Å². The summed E-state index contributed by atoms with van der Waals surface area (Å²) in [4.78, 5) is 0. The van der Waals surface area contributed by atoms with Gasteiger partial charge < -0.3 is 0 Å². The number of allylic oxidation sites excluding steroid dienone is 10. The Labute approximate surface area is 119 Å². The maximum atomic E-state index is 3.84. The van der Waals surface area contributed by atoms with E-state index in [2.05, 4.69) is 65.2 Å². The van der Waals surface area contributed by atoms with Crippen LogP contribution in [0.2, 0.25) is 0 Å². The van der Waals surface area contributed by atoms with E-state index in [-0.39, 0.29) is 0 Å². The van der Waals surface area contributed by atoms with E-state index in [1.165, 1.54) is 24.0 Å². The van der Waals surface area contributed by atoms with Crippen LogP contribution in [0.25, 0.3) is 0 Å². The van der Waals surface area contributed by atoms with E-state index >= 15 is 0 Å². The fourth-order valence-electron chi connectivity index (χ4n) is 1.98. The number of rotatable bonds is 8. The van der Waals surface area contributed by atoms with Gasteiger partial charge in [-0.25, -0.2) is 0 Å². The molecule has 0 aromatic carbocycles. The minimum atomic E-state index is 0.598. The third-order valence-corrected chi connectivity index (χ3v) is 3.15. The lowest BCUT2D eigenvalue weighted by atomic mass is 9.94. The van der Waals surface area contributed by atoms with Crippen molar-refractivity contribution in [3.63, 3.8) is 0 Å². The fourth-order valence-corrected chi connectivity index (χ4v) is 1.98. The highest BCUT2D eigenvalue weighted by Crippen LogP contribution is 2.19. The summed E-state index contributed by atoms with van der Waals surface area (Å²) in [5, 5.41) is 0. The van der Waals surface area contributed by atoms with Crippen LogP contribution in [0, 0.1) is 5.92 Å². The van der Waals surface area contributed by atoms with Crippen molar-refractivity contribution in [1.82, 2.24) is 0 Å². The molecule has 0 aliphatic heterocycles. The second kappa shape index (κ2) is 10.4. The van der Waals surface area contributed by atoms with Crippen LogP contribution in [0.1, 0.15) is 40.5 Å². The molecule has 1 atom stereocenters. The van der Waals surface area contributed by atoms with E-state index < -0.39 is 0 Å². The van der Waals surface area contributed by atoms with Gasteiger partial charge in [-0.2, -0.15) is 0 Å². The van der Waals surface area contributed by atoms with Crippen molar-refractivity contribution in [2.24, 2.45) is 5.92 Å². The summed E-state index contributed by atoms with van der Waals surface area (Å²) in [6.07, 6.45) is 16.8. The molecular weight excluding hydrogens is 228 g/mol. The lowest BCUT2D eigenvalue weighted by molar-refractivity contribution is 0.613. The molecule has 0 radical (unpaired) electrons. The van der Waals surface area contributed by atoms with Gasteiger partial charge >= 0.3 is 0 Å². The molecule has 0 fully saturated rings. The van der Waals surface area contributed by atoms with E-state index in [1.54, 1.807) is 6.08 Å². The van der Waals surface area contributed by atoms with Crippen molar-refractivity contribution < 1.29 is 0 Å². The van der Waals surface area contributed by atoms with Gasteiger partial charge in [-0.05, 0) is 42.9 Å². The number of hydrogen-bond donors (Lipinski definition) is 0. The molecule has 0 aromatic heterocycles. The quantitative estimate of drug-likeness (QED) is 0.455. The Morgan fingerprint density at radius 3 is 2.32 bits per heavy atom. The predicted molar refractivity (Wildman–Crippen MR) is 89.2 cm³/mol. The normalized spacial score (nSPS) is 15.7. The SMILES string of the molecule is C=C/C=C(C=C)/C(C)=C/C=C(\C=C/C)[C@H](C)CCC. The average molecular weight is 256 g/mol. The van der Waals surface area contributed by atoms with Gasteiger partial charge in [0.05, 0.1) is 0 Å². The minimum Gasteiger partial charge on any atom is -0.0990 e. The third-order valence-electron chi connectivity index (χ3n) is 3.15. The molecular formula is C19H28. The van der Waals surface area contributed by atoms with Crippen molar-refractivity contribution in [1.29, 1.82) is 0 Å². The second-order valence-corrected chi connectivity index (χ2v) is 4.77. The van der Waals surface area contributed by atoms with E-state index in [0.717, 1.165) is 5.57 Å². The van der Waals surface area contributed by atoms with Crippen molar-refractivity contribution in [2.45, 2.75) is 40.5 Å². The zero-order valence-electron chi connectivity index (χ0n) is 12.9. The third kappa shape index (κ3) is 6.81. The van der Waals surface area contributed by atoms with Gasteiger partial charge in [0.15, 0.2) is 0 Å². The first-order valence-electron chi connectivity index (χ1n) is 7.07. The van der Waals surface area contributed by atoms with Gasteiger partial charge in [-0.1, -0.05) is 76.0 Å². The lowest BCUT2D eigenvalue weighted by Crippen LogP contribution is -1.96. The van der Waals surface area contributed by atoms with Gasteiger partial charge in [-0.3, -0.25) is 0 Å². The molecule has 0 unspecified atom stereocenters. The molecule has 19 heavy (non-hydrogen) atoms. The zero-order chi connectivity index (χ0) is 14.7. The minimum absolute atomic E-state index is 0.598. The van der Waals surface area contributed by atoms with Crippen molar-refractivity contribution in [3.8, 4) is 0 Å². The fraction of sp³-hybridized carbons (Fsp3) is 0.368. The smallest absolute Gasteiger partial charge is 0.0191 e. The maximum Gasteiger partial charge on any atom is -0.0191 e. The van der Waals surface area contributed by atoms with E-state index in [1.807, 2.05) is 12.2 Å². The van der Waals surface area contributed by atoms with Crippen molar-refractivity contribution >= 4 is 0 Å². The Hall–Kier alpha value is -1.56. The molecule has 0 aromatic rings. The molecule has 104 valence electrons. The largest absolute Gasteiger partial charge is 0.0990 e. The molecule has 0 aliphatic rings. The number of hydrogen-bond acceptors (Lipinski definition) is 0. The van der Waals surface area contributed by atoms with Crippen LogP contribution in [0.3, 0.4) is 0 Å². The van der Waals surface area contributed by atoms with Crippen LogP contribution in [-0.4, -0.2) is 0 Å². The Balaban J connectivity index is 5.19. The highest BCUT2D eigenvalue weighted by atomic mass is 14.1. The van der Waals surface area contributed by atoms with Crippen LogP contribution < -0.4 is 0 Å². The summed E-state index contributed by atoms with van der Waals surface area (Å²) >= 11 is 0. The van der Waals surface area contributed by atoms with Gasteiger partial charge in [0.1, 0.15) is 0 Å². The Kier molecular flexibility index (Phi) is 9.52. The Morgan fingerprint density at radius 2 is 1.84 bits per heavy atom. The summed E-state index contributed by atoms with van der Waals surface area (Å²) in [7, 11) is 0. The van der Waals surface area contributed by atoms with E-state index in [0.29, 0.717) is 5.92 Å². The maximum absolute atomic E-state index is 3.84.